The summed E-state index contributed by atoms with van der Waals surface area (Å²) in [6, 6.07) is 15.5. The topological polar surface area (TPSA) is 67.2 Å². The van der Waals surface area contributed by atoms with E-state index in [4.69, 9.17) is 21.6 Å². The molecular weight excluding hydrogens is 418 g/mol. The van der Waals surface area contributed by atoms with Gasteiger partial charge in [0.25, 0.3) is 5.91 Å². The van der Waals surface area contributed by atoms with Crippen molar-refractivity contribution >= 4 is 40.0 Å². The number of benzene rings is 3. The summed E-state index contributed by atoms with van der Waals surface area (Å²) in [5, 5.41) is 6.12. The minimum absolute atomic E-state index is 0.234. The summed E-state index contributed by atoms with van der Waals surface area (Å²) < 4.78 is 6.08. The molecule has 1 amide bonds. The molecule has 0 aliphatic carbocycles. The first kappa shape index (κ1) is 21.7. The van der Waals surface area contributed by atoms with Crippen molar-refractivity contribution in [1.29, 1.82) is 0 Å². The van der Waals surface area contributed by atoms with Crippen molar-refractivity contribution in [3.63, 3.8) is 0 Å². The van der Waals surface area contributed by atoms with E-state index in [2.05, 4.69) is 16.7 Å². The maximum atomic E-state index is 12.6. The zero-order valence-corrected chi connectivity index (χ0v) is 19.6. The maximum absolute atomic E-state index is 12.6. The van der Waals surface area contributed by atoms with Crippen LogP contribution in [-0.4, -0.2) is 16.0 Å². The Balaban J connectivity index is 1.56. The Kier molecular flexibility index (Phi) is 5.80. The summed E-state index contributed by atoms with van der Waals surface area (Å²) in [5.41, 5.74) is 9.17. The number of hydrogen-bond acceptors (Lipinski definition) is 4. The van der Waals surface area contributed by atoms with Gasteiger partial charge in [0.15, 0.2) is 10.7 Å². The van der Waals surface area contributed by atoms with Gasteiger partial charge in [0.05, 0.1) is 0 Å². The van der Waals surface area contributed by atoms with Crippen LogP contribution in [0.15, 0.2) is 52.9 Å². The number of hydrogen-bond donors (Lipinski definition) is 2. The number of carbonyl (C=O) groups excluding carboxylic acids is 1. The Morgan fingerprint density at radius 3 is 2.47 bits per heavy atom. The van der Waals surface area contributed by atoms with E-state index < -0.39 is 0 Å². The Morgan fingerprint density at radius 2 is 1.72 bits per heavy atom. The number of nitrogens with one attached hydrogen (secondary N) is 2. The highest BCUT2D eigenvalue weighted by molar-refractivity contribution is 7.80. The van der Waals surface area contributed by atoms with Crippen molar-refractivity contribution in [2.75, 3.05) is 5.32 Å². The van der Waals surface area contributed by atoms with Crippen LogP contribution < -0.4 is 10.6 Å². The van der Waals surface area contributed by atoms with Crippen LogP contribution in [0.25, 0.3) is 22.6 Å². The third-order valence-corrected chi connectivity index (χ3v) is 5.83. The van der Waals surface area contributed by atoms with Crippen molar-refractivity contribution in [3.05, 3.63) is 81.9 Å². The van der Waals surface area contributed by atoms with E-state index in [1.807, 2.05) is 71.0 Å². The molecule has 32 heavy (non-hydrogen) atoms. The second-order valence-corrected chi connectivity index (χ2v) is 8.54. The largest absolute Gasteiger partial charge is 0.436 e. The minimum Gasteiger partial charge on any atom is -0.436 e. The van der Waals surface area contributed by atoms with E-state index in [9.17, 15) is 4.79 Å². The molecular formula is C26H25N3O2S. The smallest absolute Gasteiger partial charge is 0.257 e. The van der Waals surface area contributed by atoms with Gasteiger partial charge in [0, 0.05) is 16.8 Å². The van der Waals surface area contributed by atoms with Crippen LogP contribution in [0.4, 0.5) is 5.69 Å². The molecule has 4 aromatic rings. The van der Waals surface area contributed by atoms with Gasteiger partial charge < -0.3 is 9.73 Å². The van der Waals surface area contributed by atoms with Crippen LogP contribution in [0.2, 0.25) is 0 Å². The Labute approximate surface area is 192 Å². The number of rotatable bonds is 3. The number of carbonyl (C=O) groups is 1. The predicted molar refractivity (Wildman–Crippen MR) is 133 cm³/mol. The third kappa shape index (κ3) is 4.27. The average Bonchev–Trinajstić information content (AvgIpc) is 3.15. The summed E-state index contributed by atoms with van der Waals surface area (Å²) in [6.07, 6.45) is 0. The number of nitrogens with zero attached hydrogens (tertiary/aromatic N) is 1. The third-order valence-electron chi connectivity index (χ3n) is 5.63. The average molecular weight is 444 g/mol. The van der Waals surface area contributed by atoms with Crippen molar-refractivity contribution in [2.24, 2.45) is 0 Å². The van der Waals surface area contributed by atoms with Gasteiger partial charge in [-0.25, -0.2) is 4.98 Å². The standard InChI is InChI=1S/C26H25N3O2S/c1-14-11-17(4)23-22(12-14)27-25(31-23)20-7-6-8-21(18(20)5)28-26(32)29-24(30)19-10-9-15(2)16(3)13-19/h6-13H,1-5H3,(H2,28,29,30,32). The monoisotopic (exact) mass is 443 g/mol. The van der Waals surface area contributed by atoms with Gasteiger partial charge in [0.2, 0.25) is 5.89 Å². The van der Waals surface area contributed by atoms with Crippen LogP contribution in [0.5, 0.6) is 0 Å². The maximum Gasteiger partial charge on any atom is 0.257 e. The van der Waals surface area contributed by atoms with E-state index in [1.54, 1.807) is 6.07 Å². The van der Waals surface area contributed by atoms with Gasteiger partial charge in [-0.05, 0) is 105 Å². The number of amides is 1. The highest BCUT2D eigenvalue weighted by Gasteiger charge is 2.16. The summed E-state index contributed by atoms with van der Waals surface area (Å²) in [4.78, 5) is 17.3. The molecule has 0 radical (unpaired) electrons. The number of thiocarbonyl (C=S) groups is 1. The second-order valence-electron chi connectivity index (χ2n) is 8.13. The minimum atomic E-state index is -0.246. The summed E-state index contributed by atoms with van der Waals surface area (Å²) in [6.45, 7) is 10.0. The molecule has 0 spiro atoms. The SMILES string of the molecule is Cc1cc(C)c2oc(-c3cccc(NC(=S)NC(=O)c4ccc(C)c(C)c4)c3C)nc2c1. The quantitative estimate of drug-likeness (QED) is 0.371. The van der Waals surface area contributed by atoms with E-state index in [0.29, 0.717) is 11.5 Å². The molecule has 0 unspecified atom stereocenters. The molecule has 0 fully saturated rings. The number of fused-ring (bicyclic) bond motifs is 1. The Bertz CT molecular complexity index is 1370. The number of aryl methyl sites for hydroxylation is 4. The van der Waals surface area contributed by atoms with E-state index in [1.165, 1.54) is 0 Å². The molecule has 1 heterocycles. The molecule has 5 nitrogen and oxygen atoms in total. The van der Waals surface area contributed by atoms with Crippen LogP contribution in [0, 0.1) is 34.6 Å². The van der Waals surface area contributed by atoms with Gasteiger partial charge in [0.1, 0.15) is 5.52 Å². The van der Waals surface area contributed by atoms with Crippen LogP contribution in [0.3, 0.4) is 0 Å². The van der Waals surface area contributed by atoms with Crippen LogP contribution in [0.1, 0.15) is 38.2 Å². The lowest BCUT2D eigenvalue weighted by Gasteiger charge is -2.14. The molecule has 2 N–H and O–H groups in total. The molecule has 0 aliphatic rings. The molecule has 3 aromatic carbocycles. The first-order chi connectivity index (χ1) is 15.2. The number of aromatic nitrogens is 1. The van der Waals surface area contributed by atoms with Gasteiger partial charge in [-0.15, -0.1) is 0 Å². The fourth-order valence-electron chi connectivity index (χ4n) is 3.71. The molecule has 1 aromatic heterocycles. The lowest BCUT2D eigenvalue weighted by Crippen LogP contribution is -2.34. The van der Waals surface area contributed by atoms with E-state index >= 15 is 0 Å². The number of oxazole rings is 1. The first-order valence-corrected chi connectivity index (χ1v) is 10.8. The van der Waals surface area contributed by atoms with Crippen molar-refractivity contribution in [3.8, 4) is 11.5 Å². The van der Waals surface area contributed by atoms with Crippen LogP contribution >= 0.6 is 12.2 Å². The summed E-state index contributed by atoms with van der Waals surface area (Å²) in [5.74, 6) is 0.309. The fourth-order valence-corrected chi connectivity index (χ4v) is 3.91. The number of anilines is 1. The van der Waals surface area contributed by atoms with E-state index in [-0.39, 0.29) is 11.0 Å². The molecule has 0 saturated heterocycles. The second kappa shape index (κ2) is 8.55. The Morgan fingerprint density at radius 1 is 0.938 bits per heavy atom. The fraction of sp³-hybridized carbons (Fsp3) is 0.192. The lowest BCUT2D eigenvalue weighted by atomic mass is 10.1. The zero-order valence-electron chi connectivity index (χ0n) is 18.8. The van der Waals surface area contributed by atoms with Crippen molar-refractivity contribution < 1.29 is 9.21 Å². The summed E-state index contributed by atoms with van der Waals surface area (Å²) >= 11 is 5.39. The van der Waals surface area contributed by atoms with Gasteiger partial charge >= 0.3 is 0 Å². The molecule has 4 rings (SSSR count). The molecule has 6 heteroatoms. The first-order valence-electron chi connectivity index (χ1n) is 10.4. The molecule has 162 valence electrons. The molecule has 0 bridgehead atoms. The molecule has 0 aliphatic heterocycles. The van der Waals surface area contributed by atoms with E-state index in [0.717, 1.165) is 50.2 Å². The van der Waals surface area contributed by atoms with Gasteiger partial charge in [-0.3, -0.25) is 10.1 Å². The Hall–Kier alpha value is -3.51. The van der Waals surface area contributed by atoms with Crippen molar-refractivity contribution in [1.82, 2.24) is 10.3 Å². The molecule has 0 atom stereocenters. The highest BCUT2D eigenvalue weighted by atomic mass is 32.1. The lowest BCUT2D eigenvalue weighted by molar-refractivity contribution is 0.0977. The summed E-state index contributed by atoms with van der Waals surface area (Å²) in [7, 11) is 0. The van der Waals surface area contributed by atoms with Gasteiger partial charge in [-0.1, -0.05) is 18.2 Å². The van der Waals surface area contributed by atoms with Crippen molar-refractivity contribution in [2.45, 2.75) is 34.6 Å². The van der Waals surface area contributed by atoms with Crippen LogP contribution in [-0.2, 0) is 0 Å². The zero-order chi connectivity index (χ0) is 23.0. The molecule has 0 saturated carbocycles. The predicted octanol–water partition coefficient (Wildman–Crippen LogP) is 6.16. The highest BCUT2D eigenvalue weighted by Crippen LogP contribution is 2.32. The van der Waals surface area contributed by atoms with Gasteiger partial charge in [-0.2, -0.15) is 0 Å². The normalized spacial score (nSPS) is 10.9.